The van der Waals surface area contributed by atoms with Crippen molar-refractivity contribution in [2.24, 2.45) is 0 Å². The Balaban J connectivity index is 2.15. The highest BCUT2D eigenvalue weighted by Crippen LogP contribution is 2.29. The lowest BCUT2D eigenvalue weighted by molar-refractivity contribution is -0.384. The molecule has 0 aliphatic rings. The first-order chi connectivity index (χ1) is 10.3. The second-order valence-corrected chi connectivity index (χ2v) is 5.75. The molecule has 0 aliphatic carbocycles. The third kappa shape index (κ3) is 3.51. The average Bonchev–Trinajstić information content (AvgIpc) is 2.93. The smallest absolute Gasteiger partial charge is 0.271 e. The molecule has 0 spiro atoms. The maximum Gasteiger partial charge on any atom is 0.271 e. The first-order valence-electron chi connectivity index (χ1n) is 6.70. The highest BCUT2D eigenvalue weighted by molar-refractivity contribution is 5.61. The number of anilines is 1. The fourth-order valence-corrected chi connectivity index (χ4v) is 1.75. The van der Waals surface area contributed by atoms with Crippen molar-refractivity contribution >= 4 is 11.4 Å². The Hall–Kier alpha value is -2.64. The predicted molar refractivity (Wildman–Crippen MR) is 80.0 cm³/mol. The van der Waals surface area contributed by atoms with Crippen LogP contribution in [0.2, 0.25) is 0 Å². The van der Waals surface area contributed by atoms with E-state index in [1.165, 1.54) is 25.3 Å². The van der Waals surface area contributed by atoms with Gasteiger partial charge in [-0.2, -0.15) is 0 Å². The number of ether oxygens (including phenoxy) is 1. The molecule has 1 N–H and O–H groups in total. The zero-order valence-corrected chi connectivity index (χ0v) is 12.9. The van der Waals surface area contributed by atoms with E-state index in [9.17, 15) is 10.1 Å². The Kier molecular flexibility index (Phi) is 4.30. The van der Waals surface area contributed by atoms with Gasteiger partial charge in [0.1, 0.15) is 5.75 Å². The molecule has 2 aromatic rings. The number of nitrogens with one attached hydrogen (secondary N) is 1. The number of nitro groups is 1. The number of nitrogens with zero attached hydrogens (tertiary/aromatic N) is 3. The second-order valence-electron chi connectivity index (χ2n) is 5.75. The third-order valence-electron chi connectivity index (χ3n) is 2.93. The number of nitro benzene ring substituents is 1. The summed E-state index contributed by atoms with van der Waals surface area (Å²) in [6, 6.07) is 4.32. The first kappa shape index (κ1) is 15.7. The van der Waals surface area contributed by atoms with E-state index >= 15 is 0 Å². The molecule has 0 radical (unpaired) electrons. The van der Waals surface area contributed by atoms with Crippen LogP contribution < -0.4 is 10.1 Å². The number of aromatic nitrogens is 2. The number of non-ortho nitro benzene ring substituents is 1. The summed E-state index contributed by atoms with van der Waals surface area (Å²) in [5.74, 6) is 1.44. The van der Waals surface area contributed by atoms with E-state index in [2.05, 4.69) is 15.5 Å². The number of rotatable bonds is 5. The largest absolute Gasteiger partial charge is 0.495 e. The normalized spacial score (nSPS) is 11.3. The molecule has 22 heavy (non-hydrogen) atoms. The van der Waals surface area contributed by atoms with Gasteiger partial charge in [0.2, 0.25) is 11.8 Å². The van der Waals surface area contributed by atoms with Crippen molar-refractivity contribution in [2.45, 2.75) is 32.7 Å². The first-order valence-corrected chi connectivity index (χ1v) is 6.70. The van der Waals surface area contributed by atoms with Gasteiger partial charge in [-0.05, 0) is 6.07 Å². The summed E-state index contributed by atoms with van der Waals surface area (Å²) in [5.41, 5.74) is 0.241. The lowest BCUT2D eigenvalue weighted by atomic mass is 9.97. The van der Waals surface area contributed by atoms with Gasteiger partial charge in [0, 0.05) is 17.5 Å². The summed E-state index contributed by atoms with van der Waals surface area (Å²) in [6.45, 7) is 6.17. The highest BCUT2D eigenvalue weighted by atomic mass is 16.6. The maximum absolute atomic E-state index is 10.8. The van der Waals surface area contributed by atoms with Crippen molar-refractivity contribution in [2.75, 3.05) is 12.4 Å². The van der Waals surface area contributed by atoms with E-state index < -0.39 is 4.92 Å². The molecule has 0 atom stereocenters. The zero-order chi connectivity index (χ0) is 16.3. The molecule has 118 valence electrons. The van der Waals surface area contributed by atoms with Gasteiger partial charge in [-0.3, -0.25) is 10.1 Å². The van der Waals surface area contributed by atoms with Crippen LogP contribution in [0.5, 0.6) is 5.75 Å². The maximum atomic E-state index is 10.8. The lowest BCUT2D eigenvalue weighted by Crippen LogP contribution is -2.11. The zero-order valence-electron chi connectivity index (χ0n) is 12.9. The molecule has 0 bridgehead atoms. The molecule has 1 aromatic heterocycles. The molecule has 0 fully saturated rings. The van der Waals surface area contributed by atoms with E-state index in [1.807, 2.05) is 20.8 Å². The van der Waals surface area contributed by atoms with Gasteiger partial charge in [0.05, 0.1) is 24.3 Å². The molecule has 0 aliphatic heterocycles. The molecule has 0 saturated carbocycles. The topological polar surface area (TPSA) is 103 Å². The Morgan fingerprint density at radius 1 is 1.36 bits per heavy atom. The van der Waals surface area contributed by atoms with Gasteiger partial charge in [-0.1, -0.05) is 20.8 Å². The van der Waals surface area contributed by atoms with Crippen molar-refractivity contribution in [1.82, 2.24) is 10.2 Å². The van der Waals surface area contributed by atoms with E-state index in [0.717, 1.165) is 0 Å². The van der Waals surface area contributed by atoms with Crippen LogP contribution in [-0.2, 0) is 12.0 Å². The van der Waals surface area contributed by atoms with E-state index in [4.69, 9.17) is 9.15 Å². The molecular formula is C14H18N4O4. The molecule has 0 amide bonds. The van der Waals surface area contributed by atoms with Crippen molar-refractivity contribution in [3.8, 4) is 5.75 Å². The third-order valence-corrected chi connectivity index (χ3v) is 2.93. The van der Waals surface area contributed by atoms with Crippen molar-refractivity contribution < 1.29 is 14.1 Å². The van der Waals surface area contributed by atoms with Crippen LogP contribution in [0.1, 0.15) is 32.6 Å². The fraction of sp³-hybridized carbons (Fsp3) is 0.429. The minimum Gasteiger partial charge on any atom is -0.495 e. The van der Waals surface area contributed by atoms with E-state index in [1.54, 1.807) is 0 Å². The van der Waals surface area contributed by atoms with Crippen molar-refractivity contribution in [3.05, 3.63) is 40.1 Å². The molecule has 2 rings (SSSR count). The van der Waals surface area contributed by atoms with E-state index in [-0.39, 0.29) is 17.6 Å². The monoisotopic (exact) mass is 306 g/mol. The molecule has 0 unspecified atom stereocenters. The summed E-state index contributed by atoms with van der Waals surface area (Å²) >= 11 is 0. The van der Waals surface area contributed by atoms with Gasteiger partial charge in [-0.25, -0.2) is 0 Å². The van der Waals surface area contributed by atoms with Crippen molar-refractivity contribution in [3.63, 3.8) is 0 Å². The summed E-state index contributed by atoms with van der Waals surface area (Å²) < 4.78 is 10.7. The van der Waals surface area contributed by atoms with Crippen LogP contribution in [0.25, 0.3) is 0 Å². The number of hydrogen-bond donors (Lipinski definition) is 1. The SMILES string of the molecule is COc1ccc([N+](=O)[O-])cc1NCc1nnc(C(C)(C)C)o1. The van der Waals surface area contributed by atoms with Gasteiger partial charge < -0.3 is 14.5 Å². The predicted octanol–water partition coefficient (Wildman–Crippen LogP) is 2.90. The van der Waals surface area contributed by atoms with Crippen LogP contribution >= 0.6 is 0 Å². The van der Waals surface area contributed by atoms with Gasteiger partial charge in [0.15, 0.2) is 0 Å². The van der Waals surface area contributed by atoms with Crippen molar-refractivity contribution in [1.29, 1.82) is 0 Å². The quantitative estimate of drug-likeness (QED) is 0.669. The molecule has 1 aromatic carbocycles. The fourth-order valence-electron chi connectivity index (χ4n) is 1.75. The molecule has 8 heteroatoms. The summed E-state index contributed by atoms with van der Waals surface area (Å²) in [7, 11) is 1.50. The minimum absolute atomic E-state index is 0.0239. The van der Waals surface area contributed by atoms with Gasteiger partial charge in [-0.15, -0.1) is 10.2 Å². The van der Waals surface area contributed by atoms with Crippen LogP contribution in [-0.4, -0.2) is 22.2 Å². The van der Waals surface area contributed by atoms with Crippen LogP contribution in [0, 0.1) is 10.1 Å². The number of methoxy groups -OCH3 is 1. The van der Waals surface area contributed by atoms with Crippen LogP contribution in [0.15, 0.2) is 22.6 Å². The minimum atomic E-state index is -0.463. The summed E-state index contributed by atoms with van der Waals surface area (Å²) in [6.07, 6.45) is 0. The number of hydrogen-bond acceptors (Lipinski definition) is 7. The summed E-state index contributed by atoms with van der Waals surface area (Å²) in [5, 5.41) is 21.8. The molecule has 8 nitrogen and oxygen atoms in total. The van der Waals surface area contributed by atoms with Crippen LogP contribution in [0.3, 0.4) is 0 Å². The Labute approximate surface area is 127 Å². The van der Waals surface area contributed by atoms with E-state index in [0.29, 0.717) is 23.2 Å². The van der Waals surface area contributed by atoms with Crippen LogP contribution in [0.4, 0.5) is 11.4 Å². The molecule has 1 heterocycles. The lowest BCUT2D eigenvalue weighted by Gasteiger charge is -2.11. The Bertz CT molecular complexity index is 676. The average molecular weight is 306 g/mol. The number of benzene rings is 1. The molecule has 0 saturated heterocycles. The van der Waals surface area contributed by atoms with Gasteiger partial charge >= 0.3 is 0 Å². The Morgan fingerprint density at radius 2 is 2.09 bits per heavy atom. The highest BCUT2D eigenvalue weighted by Gasteiger charge is 2.21. The van der Waals surface area contributed by atoms with Gasteiger partial charge in [0.25, 0.3) is 5.69 Å². The Morgan fingerprint density at radius 3 is 2.64 bits per heavy atom. The second kappa shape index (κ2) is 6.00. The summed E-state index contributed by atoms with van der Waals surface area (Å²) in [4.78, 5) is 10.4. The standard InChI is InChI=1S/C14H18N4O4/c1-14(2,3)13-17-16-12(22-13)8-15-10-7-9(18(19)20)5-6-11(10)21-4/h5-7,15H,8H2,1-4H3. The molecular weight excluding hydrogens is 288 g/mol.